The van der Waals surface area contributed by atoms with E-state index < -0.39 is 0 Å². The molecule has 0 spiro atoms. The molecule has 1 aliphatic heterocycles. The number of likely N-dealkylation sites (tertiary alicyclic amines) is 1. The third-order valence-electron chi connectivity index (χ3n) is 4.12. The highest BCUT2D eigenvalue weighted by atomic mass is 15.1. The first kappa shape index (κ1) is 15.0. The van der Waals surface area contributed by atoms with Gasteiger partial charge in [0.15, 0.2) is 0 Å². The largest absolute Gasteiger partial charge is 0.314 e. The van der Waals surface area contributed by atoms with Gasteiger partial charge in [0, 0.05) is 6.04 Å². The normalized spacial score (nSPS) is 21.0. The molecule has 0 aromatic rings. The number of hydrogen-bond acceptors (Lipinski definition) is 2. The second-order valence-electron chi connectivity index (χ2n) is 6.06. The molecule has 17 heavy (non-hydrogen) atoms. The van der Waals surface area contributed by atoms with E-state index in [0.29, 0.717) is 6.04 Å². The Morgan fingerprint density at radius 3 is 2.35 bits per heavy atom. The summed E-state index contributed by atoms with van der Waals surface area (Å²) in [5.74, 6) is 1.76. The van der Waals surface area contributed by atoms with Gasteiger partial charge in [-0.25, -0.2) is 0 Å². The van der Waals surface area contributed by atoms with Crippen LogP contribution in [0.15, 0.2) is 0 Å². The first-order chi connectivity index (χ1) is 8.13. The zero-order chi connectivity index (χ0) is 12.7. The SMILES string of the molecule is CCNC(C)C1CCN(CCCC(C)C)CC1. The molecule has 2 nitrogen and oxygen atoms in total. The summed E-state index contributed by atoms with van der Waals surface area (Å²) < 4.78 is 0. The van der Waals surface area contributed by atoms with Gasteiger partial charge in [0.2, 0.25) is 0 Å². The highest BCUT2D eigenvalue weighted by Gasteiger charge is 2.22. The van der Waals surface area contributed by atoms with Crippen LogP contribution in [0.5, 0.6) is 0 Å². The molecule has 1 rings (SSSR count). The molecule has 1 unspecified atom stereocenters. The Morgan fingerprint density at radius 2 is 1.82 bits per heavy atom. The van der Waals surface area contributed by atoms with Crippen LogP contribution in [0.2, 0.25) is 0 Å². The molecule has 1 atom stereocenters. The minimum absolute atomic E-state index is 0.706. The van der Waals surface area contributed by atoms with Gasteiger partial charge in [-0.05, 0) is 70.6 Å². The van der Waals surface area contributed by atoms with Gasteiger partial charge in [-0.1, -0.05) is 20.8 Å². The van der Waals surface area contributed by atoms with Crippen molar-refractivity contribution in [2.75, 3.05) is 26.2 Å². The summed E-state index contributed by atoms with van der Waals surface area (Å²) in [7, 11) is 0. The fraction of sp³-hybridized carbons (Fsp3) is 1.00. The maximum Gasteiger partial charge on any atom is 0.00678 e. The Bertz CT molecular complexity index is 183. The zero-order valence-corrected chi connectivity index (χ0v) is 12.3. The fourth-order valence-electron chi connectivity index (χ4n) is 2.89. The molecule has 0 aromatic carbocycles. The van der Waals surface area contributed by atoms with Crippen LogP contribution in [0.1, 0.15) is 53.4 Å². The molecule has 0 aliphatic carbocycles. The minimum Gasteiger partial charge on any atom is -0.314 e. The van der Waals surface area contributed by atoms with Gasteiger partial charge in [0.1, 0.15) is 0 Å². The van der Waals surface area contributed by atoms with Crippen LogP contribution < -0.4 is 5.32 Å². The van der Waals surface area contributed by atoms with Crippen LogP contribution in [-0.2, 0) is 0 Å². The van der Waals surface area contributed by atoms with Crippen molar-refractivity contribution in [1.82, 2.24) is 10.2 Å². The fourth-order valence-corrected chi connectivity index (χ4v) is 2.89. The van der Waals surface area contributed by atoms with Gasteiger partial charge in [0.25, 0.3) is 0 Å². The average molecular weight is 240 g/mol. The Balaban J connectivity index is 2.13. The smallest absolute Gasteiger partial charge is 0.00678 e. The van der Waals surface area contributed by atoms with E-state index in [1.807, 2.05) is 0 Å². The molecule has 2 heteroatoms. The molecule has 1 N–H and O–H groups in total. The highest BCUT2D eigenvalue weighted by Crippen LogP contribution is 2.21. The van der Waals surface area contributed by atoms with Gasteiger partial charge in [0.05, 0.1) is 0 Å². The van der Waals surface area contributed by atoms with Crippen molar-refractivity contribution in [3.8, 4) is 0 Å². The Morgan fingerprint density at radius 1 is 1.18 bits per heavy atom. The van der Waals surface area contributed by atoms with Crippen molar-refractivity contribution in [3.63, 3.8) is 0 Å². The van der Waals surface area contributed by atoms with Crippen molar-refractivity contribution >= 4 is 0 Å². The maximum absolute atomic E-state index is 3.57. The van der Waals surface area contributed by atoms with Crippen LogP contribution in [0.4, 0.5) is 0 Å². The molecule has 102 valence electrons. The predicted molar refractivity (Wildman–Crippen MR) is 76.4 cm³/mol. The van der Waals surface area contributed by atoms with Crippen LogP contribution >= 0.6 is 0 Å². The zero-order valence-electron chi connectivity index (χ0n) is 12.3. The number of hydrogen-bond donors (Lipinski definition) is 1. The van der Waals surface area contributed by atoms with E-state index in [2.05, 4.69) is 37.9 Å². The molecule has 0 saturated carbocycles. The lowest BCUT2D eigenvalue weighted by Crippen LogP contribution is -2.42. The Kier molecular flexibility index (Phi) is 7.14. The number of nitrogens with zero attached hydrogens (tertiary/aromatic N) is 1. The van der Waals surface area contributed by atoms with E-state index in [9.17, 15) is 0 Å². The second kappa shape index (κ2) is 8.10. The highest BCUT2D eigenvalue weighted by molar-refractivity contribution is 4.79. The van der Waals surface area contributed by atoms with Crippen LogP contribution in [0.25, 0.3) is 0 Å². The molecule has 1 saturated heterocycles. The van der Waals surface area contributed by atoms with Gasteiger partial charge < -0.3 is 10.2 Å². The maximum atomic E-state index is 3.57. The molecule has 0 radical (unpaired) electrons. The number of nitrogens with one attached hydrogen (secondary N) is 1. The molecule has 1 aliphatic rings. The van der Waals surface area contributed by atoms with Crippen molar-refractivity contribution in [1.29, 1.82) is 0 Å². The molecule has 0 amide bonds. The second-order valence-corrected chi connectivity index (χ2v) is 6.06. The summed E-state index contributed by atoms with van der Waals surface area (Å²) in [6.45, 7) is 14.3. The topological polar surface area (TPSA) is 15.3 Å². The van der Waals surface area contributed by atoms with E-state index in [4.69, 9.17) is 0 Å². The van der Waals surface area contributed by atoms with Crippen LogP contribution in [0, 0.1) is 11.8 Å². The molecular weight excluding hydrogens is 208 g/mol. The third kappa shape index (κ3) is 5.87. The van der Waals surface area contributed by atoms with Crippen LogP contribution in [-0.4, -0.2) is 37.1 Å². The van der Waals surface area contributed by atoms with E-state index >= 15 is 0 Å². The lowest BCUT2D eigenvalue weighted by Gasteiger charge is -2.35. The standard InChI is InChI=1S/C15H32N2/c1-5-16-14(4)15-8-11-17(12-9-15)10-6-7-13(2)3/h13-16H,5-12H2,1-4H3. The number of piperidine rings is 1. The van der Waals surface area contributed by atoms with Crippen LogP contribution in [0.3, 0.4) is 0 Å². The summed E-state index contributed by atoms with van der Waals surface area (Å²) in [5, 5.41) is 3.57. The van der Waals surface area contributed by atoms with E-state index in [-0.39, 0.29) is 0 Å². The summed E-state index contributed by atoms with van der Waals surface area (Å²) in [6.07, 6.45) is 5.53. The predicted octanol–water partition coefficient (Wildman–Crippen LogP) is 3.13. The number of rotatable bonds is 7. The molecule has 0 bridgehead atoms. The summed E-state index contributed by atoms with van der Waals surface area (Å²) in [6, 6.07) is 0.706. The van der Waals surface area contributed by atoms with Gasteiger partial charge >= 0.3 is 0 Å². The quantitative estimate of drug-likeness (QED) is 0.735. The Labute approximate surface area is 108 Å². The summed E-state index contributed by atoms with van der Waals surface area (Å²) in [5.41, 5.74) is 0. The first-order valence-electron chi connectivity index (χ1n) is 7.59. The average Bonchev–Trinajstić information content (AvgIpc) is 2.30. The molecular formula is C15H32N2. The van der Waals surface area contributed by atoms with E-state index in [1.165, 1.54) is 45.3 Å². The molecule has 1 heterocycles. The van der Waals surface area contributed by atoms with Gasteiger partial charge in [-0.15, -0.1) is 0 Å². The molecule has 1 fully saturated rings. The minimum atomic E-state index is 0.706. The van der Waals surface area contributed by atoms with Gasteiger partial charge in [-0.2, -0.15) is 0 Å². The van der Waals surface area contributed by atoms with E-state index in [0.717, 1.165) is 18.4 Å². The van der Waals surface area contributed by atoms with Gasteiger partial charge in [-0.3, -0.25) is 0 Å². The molecule has 0 aromatic heterocycles. The monoisotopic (exact) mass is 240 g/mol. The lowest BCUT2D eigenvalue weighted by atomic mass is 9.90. The van der Waals surface area contributed by atoms with Crippen molar-refractivity contribution in [2.45, 2.75) is 59.4 Å². The lowest BCUT2D eigenvalue weighted by molar-refractivity contribution is 0.159. The van der Waals surface area contributed by atoms with Crippen molar-refractivity contribution < 1.29 is 0 Å². The summed E-state index contributed by atoms with van der Waals surface area (Å²) >= 11 is 0. The first-order valence-corrected chi connectivity index (χ1v) is 7.59. The Hall–Kier alpha value is -0.0800. The van der Waals surface area contributed by atoms with Crippen molar-refractivity contribution in [2.24, 2.45) is 11.8 Å². The van der Waals surface area contributed by atoms with Crippen molar-refractivity contribution in [3.05, 3.63) is 0 Å². The van der Waals surface area contributed by atoms with E-state index in [1.54, 1.807) is 0 Å². The third-order valence-corrected chi connectivity index (χ3v) is 4.12. The summed E-state index contributed by atoms with van der Waals surface area (Å²) in [4.78, 5) is 2.66.